The van der Waals surface area contributed by atoms with E-state index < -0.39 is 37.3 Å². The first-order valence-electron chi connectivity index (χ1n) is 12.6. The number of hydrogen-bond donors (Lipinski definition) is 1. The zero-order valence-electron chi connectivity index (χ0n) is 22.4. The van der Waals surface area contributed by atoms with Crippen molar-refractivity contribution in [3.8, 4) is 0 Å². The minimum absolute atomic E-state index is 0.252. The van der Waals surface area contributed by atoms with Gasteiger partial charge in [0, 0.05) is 0 Å². The van der Waals surface area contributed by atoms with E-state index in [0.29, 0.717) is 24.2 Å². The highest BCUT2D eigenvalue weighted by atomic mass is 28.4. The number of carbonyl (C=O) groups is 1. The Hall–Kier alpha value is -0.953. The van der Waals surface area contributed by atoms with E-state index >= 15 is 0 Å². The highest BCUT2D eigenvalue weighted by Crippen LogP contribution is 2.51. The van der Waals surface area contributed by atoms with Crippen LogP contribution in [0.15, 0.2) is 23.8 Å². The third-order valence-corrected chi connectivity index (χ3v) is 8.51. The zero-order valence-corrected chi connectivity index (χ0v) is 23.4. The Kier molecular flexibility index (Phi) is 7.21. The lowest BCUT2D eigenvalue weighted by molar-refractivity contribution is -0.286. The van der Waals surface area contributed by atoms with E-state index in [9.17, 15) is 9.90 Å². The molecule has 6 heteroatoms. The Morgan fingerprint density at radius 2 is 1.85 bits per heavy atom. The van der Waals surface area contributed by atoms with Crippen LogP contribution in [0.5, 0.6) is 0 Å². The third-order valence-electron chi connectivity index (χ3n) is 7.58. The molecule has 0 saturated carbocycles. The predicted molar refractivity (Wildman–Crippen MR) is 134 cm³/mol. The number of carbonyl (C=O) groups excluding carboxylic acids is 1. The Balaban J connectivity index is 2.16. The highest BCUT2D eigenvalue weighted by Gasteiger charge is 2.56. The van der Waals surface area contributed by atoms with Gasteiger partial charge in [-0.15, -0.1) is 0 Å². The van der Waals surface area contributed by atoms with Gasteiger partial charge < -0.3 is 19.0 Å². The van der Waals surface area contributed by atoms with Gasteiger partial charge in [-0.05, 0) is 109 Å². The molecule has 0 unspecified atom stereocenters. The van der Waals surface area contributed by atoms with Gasteiger partial charge in [0.05, 0.1) is 11.5 Å². The van der Waals surface area contributed by atoms with Crippen LogP contribution in [0.1, 0.15) is 67.7 Å². The van der Waals surface area contributed by atoms with Crippen LogP contribution in [-0.4, -0.2) is 43.0 Å². The van der Waals surface area contributed by atoms with Gasteiger partial charge in [-0.25, -0.2) is 0 Å². The molecule has 33 heavy (non-hydrogen) atoms. The molecule has 0 amide bonds. The number of ether oxygens (including phenoxy) is 2. The van der Waals surface area contributed by atoms with Crippen LogP contribution in [0, 0.1) is 29.1 Å². The fourth-order valence-electron chi connectivity index (χ4n) is 5.67. The molecule has 0 aromatic carbocycles. The van der Waals surface area contributed by atoms with Crippen molar-refractivity contribution in [2.24, 2.45) is 29.1 Å². The SMILES string of the molecule is CC1=CC[C@@H](C(C)C)[C@H]2C[C@@H](OC(=O)C(C)(C)C)[C@]3(O[Si](C)(C)C)C=C[C@](C)(O)[C@H](C[C@@H]12)O3. The molecule has 5 nitrogen and oxygen atoms in total. The van der Waals surface area contributed by atoms with Crippen LogP contribution in [0.4, 0.5) is 0 Å². The maximum atomic E-state index is 13.2. The summed E-state index contributed by atoms with van der Waals surface area (Å²) in [7, 11) is -2.11. The lowest BCUT2D eigenvalue weighted by Crippen LogP contribution is -2.63. The summed E-state index contributed by atoms with van der Waals surface area (Å²) in [5, 5.41) is 11.3. The average molecular weight is 479 g/mol. The number of rotatable bonds is 4. The summed E-state index contributed by atoms with van der Waals surface area (Å²) < 4.78 is 19.7. The van der Waals surface area contributed by atoms with Gasteiger partial charge in [0.25, 0.3) is 0 Å². The van der Waals surface area contributed by atoms with E-state index in [1.807, 2.05) is 26.8 Å². The molecule has 0 spiro atoms. The minimum Gasteiger partial charge on any atom is -0.456 e. The van der Waals surface area contributed by atoms with Gasteiger partial charge >= 0.3 is 5.97 Å². The maximum absolute atomic E-state index is 13.2. The molecule has 1 fully saturated rings. The van der Waals surface area contributed by atoms with Crippen molar-refractivity contribution in [1.29, 1.82) is 0 Å². The normalized spacial score (nSPS) is 39.4. The first kappa shape index (κ1) is 26.6. The van der Waals surface area contributed by atoms with E-state index in [1.54, 1.807) is 13.0 Å². The van der Waals surface area contributed by atoms with E-state index in [1.165, 1.54) is 5.57 Å². The number of aliphatic hydroxyl groups is 1. The van der Waals surface area contributed by atoms with Gasteiger partial charge in [0.1, 0.15) is 5.60 Å². The minimum atomic E-state index is -2.11. The van der Waals surface area contributed by atoms with Crippen LogP contribution < -0.4 is 0 Å². The van der Waals surface area contributed by atoms with Crippen molar-refractivity contribution in [3.63, 3.8) is 0 Å². The van der Waals surface area contributed by atoms with E-state index in [4.69, 9.17) is 13.9 Å². The molecule has 7 atom stereocenters. The van der Waals surface area contributed by atoms with Gasteiger partial charge in [0.15, 0.2) is 14.4 Å². The molecule has 1 aliphatic carbocycles. The largest absolute Gasteiger partial charge is 0.456 e. The summed E-state index contributed by atoms with van der Waals surface area (Å²) in [4.78, 5) is 13.2. The third kappa shape index (κ3) is 5.66. The summed E-state index contributed by atoms with van der Waals surface area (Å²) in [6.45, 7) is 20.6. The van der Waals surface area contributed by atoms with Crippen LogP contribution in [0.3, 0.4) is 0 Å². The molecule has 3 rings (SSSR count). The van der Waals surface area contributed by atoms with Gasteiger partial charge in [-0.2, -0.15) is 0 Å². The smallest absolute Gasteiger partial charge is 0.311 e. The fraction of sp³-hybridized carbons (Fsp3) is 0.815. The topological polar surface area (TPSA) is 65.0 Å². The first-order valence-corrected chi connectivity index (χ1v) is 16.0. The van der Waals surface area contributed by atoms with Gasteiger partial charge in [-0.1, -0.05) is 25.5 Å². The molecule has 2 aliphatic heterocycles. The predicted octanol–water partition coefficient (Wildman–Crippen LogP) is 5.85. The zero-order chi connectivity index (χ0) is 25.0. The van der Waals surface area contributed by atoms with Crippen molar-refractivity contribution in [2.45, 2.75) is 111 Å². The van der Waals surface area contributed by atoms with Crippen molar-refractivity contribution < 1.29 is 23.8 Å². The lowest BCUT2D eigenvalue weighted by atomic mass is 9.62. The van der Waals surface area contributed by atoms with Crippen molar-refractivity contribution in [2.75, 3.05) is 0 Å². The Bertz CT molecular complexity index is 800. The van der Waals surface area contributed by atoms with Crippen LogP contribution in [0.2, 0.25) is 19.6 Å². The number of esters is 1. The maximum Gasteiger partial charge on any atom is 0.311 e. The van der Waals surface area contributed by atoms with Crippen molar-refractivity contribution >= 4 is 14.3 Å². The van der Waals surface area contributed by atoms with Crippen LogP contribution >= 0.6 is 0 Å². The quantitative estimate of drug-likeness (QED) is 0.312. The van der Waals surface area contributed by atoms with E-state index in [2.05, 4.69) is 46.5 Å². The summed E-state index contributed by atoms with van der Waals surface area (Å²) in [5.41, 5.74) is -0.395. The lowest BCUT2D eigenvalue weighted by Gasteiger charge is -2.54. The van der Waals surface area contributed by atoms with Crippen LogP contribution in [0.25, 0.3) is 0 Å². The molecular weight excluding hydrogens is 432 g/mol. The number of allylic oxidation sites excluding steroid dienone is 2. The van der Waals surface area contributed by atoms with E-state index in [-0.39, 0.29) is 11.9 Å². The molecule has 0 aromatic heterocycles. The van der Waals surface area contributed by atoms with Crippen molar-refractivity contribution in [1.82, 2.24) is 0 Å². The average Bonchev–Trinajstić information content (AvgIpc) is 2.63. The molecule has 188 valence electrons. The second-order valence-corrected chi connectivity index (χ2v) is 17.5. The summed E-state index contributed by atoms with van der Waals surface area (Å²) in [5.74, 6) is 0.149. The Labute approximate surface area is 202 Å². The van der Waals surface area contributed by atoms with Gasteiger partial charge in [-0.3, -0.25) is 4.79 Å². The molecule has 2 heterocycles. The molecule has 2 bridgehead atoms. The standard InChI is InChI=1S/C27H46O5Si/c1-17(2)19-12-11-18(3)20-15-22-26(7,29)13-14-27(31-22,32-33(8,9)10)23(16-21(19)20)30-24(28)25(4,5)6/h11,13-14,17,19-23,29H,12,15-16H2,1-10H3/t19-,20-,21+,22-,23+,26-,27+/m0/s1. The first-order chi connectivity index (χ1) is 15.0. The van der Waals surface area contributed by atoms with Crippen molar-refractivity contribution in [3.05, 3.63) is 23.8 Å². The van der Waals surface area contributed by atoms with Gasteiger partial charge in [0.2, 0.25) is 5.79 Å². The Morgan fingerprint density at radius 3 is 2.39 bits per heavy atom. The molecule has 0 aromatic rings. The molecule has 1 saturated heterocycles. The summed E-state index contributed by atoms with van der Waals surface area (Å²) >= 11 is 0. The highest BCUT2D eigenvalue weighted by molar-refractivity contribution is 6.69. The number of hydrogen-bond acceptors (Lipinski definition) is 5. The molecular formula is C27H46O5Si. The fourth-order valence-corrected chi connectivity index (χ4v) is 6.88. The van der Waals surface area contributed by atoms with Crippen LogP contribution in [-0.2, 0) is 18.7 Å². The molecule has 0 radical (unpaired) electrons. The second-order valence-electron chi connectivity index (χ2n) is 13.1. The van der Waals surface area contributed by atoms with E-state index in [0.717, 1.165) is 12.8 Å². The molecule has 3 aliphatic rings. The summed E-state index contributed by atoms with van der Waals surface area (Å²) in [6.07, 6.45) is 7.42. The molecule has 1 N–H and O–H groups in total. The monoisotopic (exact) mass is 478 g/mol. The Morgan fingerprint density at radius 1 is 1.21 bits per heavy atom. The summed E-state index contributed by atoms with van der Waals surface area (Å²) in [6, 6.07) is 0. The number of fused-ring (bicyclic) bond motifs is 3. The second kappa shape index (κ2) is 8.92.